The summed E-state index contributed by atoms with van der Waals surface area (Å²) in [6.45, 7) is 2.36. The summed E-state index contributed by atoms with van der Waals surface area (Å²) in [5, 5.41) is 13.7. The highest BCUT2D eigenvalue weighted by Gasteiger charge is 2.22. The molecule has 0 bridgehead atoms. The zero-order valence-corrected chi connectivity index (χ0v) is 28.5. The van der Waals surface area contributed by atoms with Crippen LogP contribution in [0.25, 0.3) is 44.6 Å². The van der Waals surface area contributed by atoms with E-state index in [0.717, 1.165) is 51.7 Å². The van der Waals surface area contributed by atoms with Crippen LogP contribution in [-0.4, -0.2) is 54.1 Å². The highest BCUT2D eigenvalue weighted by atomic mass is 35.5. The summed E-state index contributed by atoms with van der Waals surface area (Å²) >= 11 is 14.2. The van der Waals surface area contributed by atoms with Gasteiger partial charge >= 0.3 is 0 Å². The standard InChI is InChI=1S/C37H36Cl2N6O4/c1-48-37-22(17-40-18-23-10-14-32(46)42-23)8-12-29(45-37)28-7-3-6-27(36(28)39)26-5-2-4-25(35(26)38)21-9-13-31-30(16-21)44-34(49-31)20-41-19-24-11-15-33(47)43-24/h2-9,12-13,16,23-24,40-41H,10-11,14-15,17-20H2,1H3,(H,42,46)(H,43,47)/t23-,24-/m0/s1. The molecule has 2 aliphatic rings. The molecular formula is C37H36Cl2N6O4. The summed E-state index contributed by atoms with van der Waals surface area (Å²) in [4.78, 5) is 32.4. The minimum atomic E-state index is 0.0972. The van der Waals surface area contributed by atoms with Crippen molar-refractivity contribution in [3.8, 4) is 39.4 Å². The van der Waals surface area contributed by atoms with E-state index in [1.165, 1.54) is 0 Å². The van der Waals surface area contributed by atoms with Crippen molar-refractivity contribution in [1.82, 2.24) is 31.2 Å². The molecule has 2 aromatic heterocycles. The number of hydrogen-bond donors (Lipinski definition) is 4. The molecule has 0 aliphatic carbocycles. The normalized spacial score (nSPS) is 17.4. The van der Waals surface area contributed by atoms with E-state index in [1.54, 1.807) is 7.11 Å². The van der Waals surface area contributed by atoms with Crippen molar-refractivity contribution in [1.29, 1.82) is 0 Å². The summed E-state index contributed by atoms with van der Waals surface area (Å²) in [5.74, 6) is 1.28. The largest absolute Gasteiger partial charge is 0.481 e. The summed E-state index contributed by atoms with van der Waals surface area (Å²) in [5.41, 5.74) is 7.08. The highest BCUT2D eigenvalue weighted by molar-refractivity contribution is 6.39. The van der Waals surface area contributed by atoms with Crippen molar-refractivity contribution in [3.63, 3.8) is 0 Å². The third-order valence-electron chi connectivity index (χ3n) is 8.98. The number of carbonyl (C=O) groups is 2. The molecule has 12 heteroatoms. The number of rotatable bonds is 12. The number of ether oxygens (including phenoxy) is 1. The first-order valence-corrected chi connectivity index (χ1v) is 17.1. The number of oxazole rings is 1. The molecular weight excluding hydrogens is 663 g/mol. The topological polar surface area (TPSA) is 130 Å². The smallest absolute Gasteiger partial charge is 0.220 e. The molecule has 252 valence electrons. The zero-order chi connectivity index (χ0) is 33.9. The van der Waals surface area contributed by atoms with Crippen LogP contribution < -0.4 is 26.0 Å². The van der Waals surface area contributed by atoms with Crippen molar-refractivity contribution in [2.24, 2.45) is 0 Å². The average Bonchev–Trinajstić information content (AvgIpc) is 3.84. The van der Waals surface area contributed by atoms with Crippen molar-refractivity contribution in [2.45, 2.75) is 50.9 Å². The number of methoxy groups -OCH3 is 1. The van der Waals surface area contributed by atoms with Gasteiger partial charge in [-0.3, -0.25) is 9.59 Å². The number of amides is 2. The van der Waals surface area contributed by atoms with Gasteiger partial charge in [-0.2, -0.15) is 0 Å². The van der Waals surface area contributed by atoms with Gasteiger partial charge in [-0.25, -0.2) is 9.97 Å². The quantitative estimate of drug-likeness (QED) is 0.120. The van der Waals surface area contributed by atoms with Gasteiger partial charge in [-0.1, -0.05) is 71.7 Å². The van der Waals surface area contributed by atoms with Crippen LogP contribution in [0.3, 0.4) is 0 Å². The Bertz CT molecular complexity index is 2030. The Morgan fingerprint density at radius 2 is 1.43 bits per heavy atom. The fraction of sp³-hybridized carbons (Fsp3) is 0.297. The molecule has 49 heavy (non-hydrogen) atoms. The number of fused-ring (bicyclic) bond motifs is 1. The number of carbonyl (C=O) groups excluding carboxylic acids is 2. The number of nitrogens with one attached hydrogen (secondary N) is 4. The van der Waals surface area contributed by atoms with Crippen LogP contribution in [0, 0.1) is 0 Å². The summed E-state index contributed by atoms with van der Waals surface area (Å²) < 4.78 is 11.6. The first-order valence-electron chi connectivity index (χ1n) is 16.4. The fourth-order valence-corrected chi connectivity index (χ4v) is 7.11. The van der Waals surface area contributed by atoms with Gasteiger partial charge in [-0.05, 0) is 36.6 Å². The Hall–Kier alpha value is -4.48. The molecule has 2 saturated heterocycles. The molecule has 4 N–H and O–H groups in total. The molecule has 2 atom stereocenters. The van der Waals surface area contributed by atoms with E-state index in [0.29, 0.717) is 72.1 Å². The maximum atomic E-state index is 11.5. The minimum absolute atomic E-state index is 0.0972. The number of aromatic nitrogens is 2. The predicted octanol–water partition coefficient (Wildman–Crippen LogP) is 6.28. The molecule has 0 unspecified atom stereocenters. The Morgan fingerprint density at radius 1 is 0.796 bits per heavy atom. The maximum absolute atomic E-state index is 11.5. The molecule has 2 fully saturated rings. The summed E-state index contributed by atoms with van der Waals surface area (Å²) in [6.07, 6.45) is 2.81. The maximum Gasteiger partial charge on any atom is 0.220 e. The van der Waals surface area contributed by atoms with E-state index in [1.807, 2.05) is 66.7 Å². The molecule has 4 heterocycles. The van der Waals surface area contributed by atoms with E-state index in [-0.39, 0.29) is 23.9 Å². The van der Waals surface area contributed by atoms with E-state index < -0.39 is 0 Å². The zero-order valence-electron chi connectivity index (χ0n) is 26.9. The third-order valence-corrected chi connectivity index (χ3v) is 9.80. The second-order valence-electron chi connectivity index (χ2n) is 12.4. The van der Waals surface area contributed by atoms with E-state index in [9.17, 15) is 9.59 Å². The lowest BCUT2D eigenvalue weighted by molar-refractivity contribution is -0.120. The summed E-state index contributed by atoms with van der Waals surface area (Å²) in [6, 6.07) is 21.8. The van der Waals surface area contributed by atoms with Crippen LogP contribution in [0.15, 0.2) is 71.1 Å². The van der Waals surface area contributed by atoms with Crippen LogP contribution in [0.2, 0.25) is 10.0 Å². The van der Waals surface area contributed by atoms with Crippen LogP contribution in [-0.2, 0) is 22.7 Å². The monoisotopic (exact) mass is 698 g/mol. The van der Waals surface area contributed by atoms with Crippen LogP contribution in [0.1, 0.15) is 37.1 Å². The number of nitrogens with zero attached hydrogens (tertiary/aromatic N) is 2. The van der Waals surface area contributed by atoms with Gasteiger partial charge in [0.15, 0.2) is 5.58 Å². The molecule has 2 amide bonds. The van der Waals surface area contributed by atoms with Gasteiger partial charge in [0.25, 0.3) is 0 Å². The van der Waals surface area contributed by atoms with E-state index in [4.69, 9.17) is 37.3 Å². The Labute approximate surface area is 293 Å². The first kappa shape index (κ1) is 33.0. The highest BCUT2D eigenvalue weighted by Crippen LogP contribution is 2.42. The van der Waals surface area contributed by atoms with Crippen LogP contribution in [0.4, 0.5) is 0 Å². The molecule has 3 aromatic carbocycles. The van der Waals surface area contributed by atoms with Crippen molar-refractivity contribution in [2.75, 3.05) is 20.2 Å². The SMILES string of the molecule is COc1nc(-c2cccc(-c3cccc(-c4ccc5oc(CNC[C@@H]6CCC(=O)N6)nc5c4)c3Cl)c2Cl)ccc1CNC[C@@H]1CCC(=O)N1. The van der Waals surface area contributed by atoms with Crippen molar-refractivity contribution in [3.05, 3.63) is 88.2 Å². The lowest BCUT2D eigenvalue weighted by atomic mass is 9.96. The third kappa shape index (κ3) is 7.28. The lowest BCUT2D eigenvalue weighted by Gasteiger charge is -2.15. The second-order valence-corrected chi connectivity index (χ2v) is 13.1. The van der Waals surface area contributed by atoms with E-state index in [2.05, 4.69) is 26.3 Å². The number of hydrogen-bond acceptors (Lipinski definition) is 8. The second kappa shape index (κ2) is 14.6. The van der Waals surface area contributed by atoms with Crippen LogP contribution in [0.5, 0.6) is 5.88 Å². The number of pyridine rings is 1. The Balaban J connectivity index is 1.09. The van der Waals surface area contributed by atoms with Gasteiger partial charge in [0.05, 0.1) is 29.4 Å². The molecule has 7 rings (SSSR count). The molecule has 0 radical (unpaired) electrons. The summed E-state index contributed by atoms with van der Waals surface area (Å²) in [7, 11) is 1.60. The minimum Gasteiger partial charge on any atom is -0.481 e. The van der Waals surface area contributed by atoms with E-state index >= 15 is 0 Å². The van der Waals surface area contributed by atoms with Gasteiger partial charge in [0.1, 0.15) is 5.52 Å². The first-order chi connectivity index (χ1) is 23.9. The fourth-order valence-electron chi connectivity index (χ4n) is 6.44. The average molecular weight is 700 g/mol. The van der Waals surface area contributed by atoms with Crippen molar-refractivity contribution < 1.29 is 18.7 Å². The molecule has 2 aliphatic heterocycles. The number of benzene rings is 3. The predicted molar refractivity (Wildman–Crippen MR) is 190 cm³/mol. The van der Waals surface area contributed by atoms with Gasteiger partial charge < -0.3 is 30.4 Å². The lowest BCUT2D eigenvalue weighted by Crippen LogP contribution is -2.35. The molecule has 10 nitrogen and oxygen atoms in total. The van der Waals surface area contributed by atoms with Crippen LogP contribution >= 0.6 is 23.2 Å². The molecule has 0 saturated carbocycles. The molecule has 5 aromatic rings. The number of halogens is 2. The van der Waals surface area contributed by atoms with Gasteiger partial charge in [-0.15, -0.1) is 0 Å². The Kier molecular flexibility index (Phi) is 9.81. The Morgan fingerprint density at radius 3 is 2.08 bits per heavy atom. The van der Waals surface area contributed by atoms with Crippen molar-refractivity contribution >= 4 is 46.1 Å². The molecule has 0 spiro atoms. The van der Waals surface area contributed by atoms with Gasteiger partial charge in [0, 0.05) is 72.4 Å². The van der Waals surface area contributed by atoms with Gasteiger partial charge in [0.2, 0.25) is 23.6 Å².